The Morgan fingerprint density at radius 2 is 2.04 bits per heavy atom. The van der Waals surface area contributed by atoms with Crippen LogP contribution in [0.2, 0.25) is 5.02 Å². The molecule has 2 atom stereocenters. The van der Waals surface area contributed by atoms with Gasteiger partial charge in [0.1, 0.15) is 5.82 Å². The van der Waals surface area contributed by atoms with Gasteiger partial charge in [-0.2, -0.15) is 13.2 Å². The van der Waals surface area contributed by atoms with Crippen LogP contribution < -0.4 is 0 Å². The third-order valence-corrected chi connectivity index (χ3v) is 4.94. The van der Waals surface area contributed by atoms with Crippen LogP contribution in [-0.2, 0) is 19.1 Å². The number of rotatable bonds is 5. The summed E-state index contributed by atoms with van der Waals surface area (Å²) in [7, 11) is 1.91. The number of aliphatic hydroxyl groups is 1. The van der Waals surface area contributed by atoms with Crippen LogP contribution in [0.3, 0.4) is 0 Å². The summed E-state index contributed by atoms with van der Waals surface area (Å²) in [5.41, 5.74) is -0.0312. The maximum atomic E-state index is 12.8. The van der Waals surface area contributed by atoms with Crippen LogP contribution in [0.1, 0.15) is 29.6 Å². The molecule has 0 fully saturated rings. The molecule has 8 heteroatoms. The number of aromatic nitrogens is 2. The predicted molar refractivity (Wildman–Crippen MR) is 92.9 cm³/mol. The molecule has 142 valence electrons. The summed E-state index contributed by atoms with van der Waals surface area (Å²) in [6.07, 6.45) is -2.62. The van der Waals surface area contributed by atoms with E-state index in [2.05, 4.69) is 4.98 Å². The summed E-state index contributed by atoms with van der Waals surface area (Å²) in [6.45, 7) is 1.66. The molecule has 2 aromatic rings. The van der Waals surface area contributed by atoms with Gasteiger partial charge in [-0.1, -0.05) is 23.7 Å². The SMILES string of the molecule is CN(C[C@H]1CCc2nc(C(F)(F)F)cn2C1)C[C@H](O)c1ccc(Cl)cc1. The van der Waals surface area contributed by atoms with Crippen LogP contribution in [0.4, 0.5) is 13.2 Å². The highest BCUT2D eigenvalue weighted by molar-refractivity contribution is 6.30. The fourth-order valence-electron chi connectivity index (χ4n) is 3.40. The minimum atomic E-state index is -4.40. The smallest absolute Gasteiger partial charge is 0.387 e. The van der Waals surface area contributed by atoms with E-state index in [-0.39, 0.29) is 5.92 Å². The number of benzene rings is 1. The Labute approximate surface area is 155 Å². The van der Waals surface area contributed by atoms with E-state index in [1.54, 1.807) is 28.8 Å². The lowest BCUT2D eigenvalue weighted by molar-refractivity contribution is -0.141. The molecule has 1 aliphatic heterocycles. The van der Waals surface area contributed by atoms with E-state index in [1.807, 2.05) is 11.9 Å². The molecule has 1 aromatic heterocycles. The second kappa shape index (κ2) is 7.58. The van der Waals surface area contributed by atoms with Crippen LogP contribution in [0.5, 0.6) is 0 Å². The number of hydrogen-bond acceptors (Lipinski definition) is 3. The standard InChI is InChI=1S/C18H21ClF3N3O/c1-24(10-15(26)13-3-5-14(19)6-4-13)8-12-2-7-17-23-16(18(20,21)22)11-25(17)9-12/h3-6,11-12,15,26H,2,7-10H2,1H3/t12-,15+/m1/s1. The van der Waals surface area contributed by atoms with Crippen molar-refractivity contribution in [2.45, 2.75) is 31.7 Å². The molecule has 0 amide bonds. The highest BCUT2D eigenvalue weighted by Gasteiger charge is 2.35. The second-order valence-electron chi connectivity index (χ2n) is 6.89. The number of aliphatic hydroxyl groups excluding tert-OH is 1. The summed E-state index contributed by atoms with van der Waals surface area (Å²) in [5.74, 6) is 0.720. The number of aryl methyl sites for hydroxylation is 1. The molecule has 0 saturated carbocycles. The van der Waals surface area contributed by atoms with Crippen LogP contribution >= 0.6 is 11.6 Å². The number of likely N-dealkylation sites (N-methyl/N-ethyl adjacent to an activating group) is 1. The van der Waals surface area contributed by atoms with Crippen molar-refractivity contribution in [1.29, 1.82) is 0 Å². The molecule has 0 unspecified atom stereocenters. The molecule has 0 spiro atoms. The second-order valence-corrected chi connectivity index (χ2v) is 7.32. The minimum Gasteiger partial charge on any atom is -0.387 e. The van der Waals surface area contributed by atoms with Gasteiger partial charge in [0.2, 0.25) is 0 Å². The van der Waals surface area contributed by atoms with Crippen LogP contribution in [0.15, 0.2) is 30.5 Å². The van der Waals surface area contributed by atoms with E-state index in [0.29, 0.717) is 36.9 Å². The van der Waals surface area contributed by atoms with E-state index in [9.17, 15) is 18.3 Å². The number of fused-ring (bicyclic) bond motifs is 1. The first-order chi connectivity index (χ1) is 12.2. The van der Waals surface area contributed by atoms with Gasteiger partial charge < -0.3 is 14.6 Å². The zero-order chi connectivity index (χ0) is 18.9. The Bertz CT molecular complexity index is 745. The summed E-state index contributed by atoms with van der Waals surface area (Å²) in [5, 5.41) is 11.0. The third-order valence-electron chi connectivity index (χ3n) is 4.69. The molecule has 0 aliphatic carbocycles. The topological polar surface area (TPSA) is 41.3 Å². The summed E-state index contributed by atoms with van der Waals surface area (Å²) >= 11 is 5.85. The Hall–Kier alpha value is -1.57. The van der Waals surface area contributed by atoms with Crippen molar-refractivity contribution in [2.24, 2.45) is 5.92 Å². The first kappa shape index (κ1) is 19.2. The van der Waals surface area contributed by atoms with Crippen molar-refractivity contribution in [3.63, 3.8) is 0 Å². The first-order valence-electron chi connectivity index (χ1n) is 8.47. The molecule has 4 nitrogen and oxygen atoms in total. The molecule has 26 heavy (non-hydrogen) atoms. The lowest BCUT2D eigenvalue weighted by atomic mass is 9.98. The van der Waals surface area contributed by atoms with Gasteiger partial charge in [-0.25, -0.2) is 4.98 Å². The van der Waals surface area contributed by atoms with E-state index in [1.165, 1.54) is 0 Å². The molecule has 1 N–H and O–H groups in total. The molecule has 0 saturated heterocycles. The molecule has 1 aromatic carbocycles. The molecular formula is C18H21ClF3N3O. The highest BCUT2D eigenvalue weighted by atomic mass is 35.5. The van der Waals surface area contributed by atoms with Crippen molar-refractivity contribution in [3.05, 3.63) is 52.6 Å². The highest BCUT2D eigenvalue weighted by Crippen LogP contribution is 2.31. The van der Waals surface area contributed by atoms with Crippen molar-refractivity contribution >= 4 is 11.6 Å². The Balaban J connectivity index is 1.56. The number of nitrogens with zero attached hydrogens (tertiary/aromatic N) is 3. The van der Waals surface area contributed by atoms with Gasteiger partial charge in [0.05, 0.1) is 6.10 Å². The van der Waals surface area contributed by atoms with Gasteiger partial charge in [0.15, 0.2) is 5.69 Å². The predicted octanol–water partition coefficient (Wildman–Crippen LogP) is 3.78. The van der Waals surface area contributed by atoms with Gasteiger partial charge in [-0.3, -0.25) is 0 Å². The normalized spacial score (nSPS) is 18.8. The van der Waals surface area contributed by atoms with Crippen molar-refractivity contribution in [1.82, 2.24) is 14.5 Å². The van der Waals surface area contributed by atoms with E-state index < -0.39 is 18.0 Å². The largest absolute Gasteiger partial charge is 0.434 e. The Kier molecular flexibility index (Phi) is 5.60. The van der Waals surface area contributed by atoms with Gasteiger partial charge in [0, 0.05) is 37.3 Å². The van der Waals surface area contributed by atoms with Crippen LogP contribution in [0.25, 0.3) is 0 Å². The fraction of sp³-hybridized carbons (Fsp3) is 0.500. The first-order valence-corrected chi connectivity index (χ1v) is 8.85. The zero-order valence-electron chi connectivity index (χ0n) is 14.4. The molecule has 1 aliphatic rings. The van der Waals surface area contributed by atoms with Crippen molar-refractivity contribution < 1.29 is 18.3 Å². The number of imidazole rings is 1. The van der Waals surface area contributed by atoms with Crippen LogP contribution in [-0.4, -0.2) is 39.7 Å². The lowest BCUT2D eigenvalue weighted by Gasteiger charge is -2.29. The van der Waals surface area contributed by atoms with Crippen molar-refractivity contribution in [3.8, 4) is 0 Å². The van der Waals surface area contributed by atoms with Gasteiger partial charge in [-0.05, 0) is 37.1 Å². The maximum absolute atomic E-state index is 12.8. The number of hydrogen-bond donors (Lipinski definition) is 1. The van der Waals surface area contributed by atoms with E-state index in [4.69, 9.17) is 11.6 Å². The fourth-order valence-corrected chi connectivity index (χ4v) is 3.53. The minimum absolute atomic E-state index is 0.222. The molecule has 0 radical (unpaired) electrons. The Morgan fingerprint density at radius 1 is 1.35 bits per heavy atom. The number of halogens is 4. The van der Waals surface area contributed by atoms with Gasteiger partial charge in [-0.15, -0.1) is 0 Å². The third kappa shape index (κ3) is 4.58. The average molecular weight is 388 g/mol. The summed E-state index contributed by atoms with van der Waals surface area (Å²) < 4.78 is 40.0. The quantitative estimate of drug-likeness (QED) is 0.848. The maximum Gasteiger partial charge on any atom is 0.434 e. The zero-order valence-corrected chi connectivity index (χ0v) is 15.1. The molecular weight excluding hydrogens is 367 g/mol. The van der Waals surface area contributed by atoms with Crippen LogP contribution in [0, 0.1) is 5.92 Å². The molecule has 0 bridgehead atoms. The van der Waals surface area contributed by atoms with Gasteiger partial charge in [0.25, 0.3) is 0 Å². The average Bonchev–Trinajstić information content (AvgIpc) is 2.99. The Morgan fingerprint density at radius 3 is 2.69 bits per heavy atom. The van der Waals surface area contributed by atoms with E-state index >= 15 is 0 Å². The summed E-state index contributed by atoms with van der Waals surface area (Å²) in [4.78, 5) is 5.71. The number of alkyl halides is 3. The van der Waals surface area contributed by atoms with Gasteiger partial charge >= 0.3 is 6.18 Å². The summed E-state index contributed by atoms with van der Waals surface area (Å²) in [6, 6.07) is 7.05. The lowest BCUT2D eigenvalue weighted by Crippen LogP contribution is -2.33. The van der Waals surface area contributed by atoms with E-state index in [0.717, 1.165) is 18.2 Å². The van der Waals surface area contributed by atoms with Crippen molar-refractivity contribution in [2.75, 3.05) is 20.1 Å². The molecule has 2 heterocycles. The molecule has 3 rings (SSSR count). The monoisotopic (exact) mass is 387 g/mol.